The maximum Gasteiger partial charge on any atom is 0.408 e. The van der Waals surface area contributed by atoms with Crippen LogP contribution in [0.25, 0.3) is 0 Å². The fourth-order valence-electron chi connectivity index (χ4n) is 4.65. The molecule has 4 aliphatic heterocycles. The second-order valence-corrected chi connectivity index (χ2v) is 7.96. The van der Waals surface area contributed by atoms with Gasteiger partial charge in [0.1, 0.15) is 6.10 Å². The number of carbonyl (C=O) groups is 1. The number of nitrogens with one attached hydrogen (secondary N) is 1. The third-order valence-corrected chi connectivity index (χ3v) is 6.36. The Balaban J connectivity index is 1.46. The molecule has 4 aliphatic rings. The van der Waals surface area contributed by atoms with Gasteiger partial charge in [0.25, 0.3) is 0 Å². The van der Waals surface area contributed by atoms with Crippen LogP contribution in [0.5, 0.6) is 0 Å². The van der Waals surface area contributed by atoms with Crippen molar-refractivity contribution in [3.05, 3.63) is 35.9 Å². The van der Waals surface area contributed by atoms with Gasteiger partial charge in [-0.1, -0.05) is 30.3 Å². The number of benzene rings is 1. The lowest BCUT2D eigenvalue weighted by molar-refractivity contribution is -0.0366. The topological polar surface area (TPSA) is 44.8 Å². The van der Waals surface area contributed by atoms with Gasteiger partial charge in [-0.3, -0.25) is 4.90 Å². The van der Waals surface area contributed by atoms with Crippen LogP contribution in [0.3, 0.4) is 0 Å². The minimum Gasteiger partial charge on any atom is -0.445 e. The van der Waals surface area contributed by atoms with Crippen LogP contribution in [0.2, 0.25) is 0 Å². The molecule has 136 valence electrons. The molecular formula is C20H29N3O2. The lowest BCUT2D eigenvalue weighted by Crippen LogP contribution is -2.56. The van der Waals surface area contributed by atoms with E-state index in [-0.39, 0.29) is 17.7 Å². The first-order chi connectivity index (χ1) is 12.1. The molecule has 1 amide bonds. The first-order valence-corrected chi connectivity index (χ1v) is 9.60. The van der Waals surface area contributed by atoms with Gasteiger partial charge < -0.3 is 15.0 Å². The van der Waals surface area contributed by atoms with Crippen LogP contribution in [-0.4, -0.2) is 61.8 Å². The minimum absolute atomic E-state index is 0.0570. The van der Waals surface area contributed by atoms with E-state index in [9.17, 15) is 4.79 Å². The van der Waals surface area contributed by atoms with E-state index >= 15 is 0 Å². The van der Waals surface area contributed by atoms with Gasteiger partial charge in [-0.2, -0.15) is 0 Å². The predicted molar refractivity (Wildman–Crippen MR) is 97.4 cm³/mol. The Labute approximate surface area is 150 Å². The Morgan fingerprint density at radius 3 is 2.40 bits per heavy atom. The molecule has 1 aromatic carbocycles. The number of fused-ring (bicyclic) bond motifs is 3. The summed E-state index contributed by atoms with van der Waals surface area (Å²) in [5.41, 5.74) is 0.882. The van der Waals surface area contributed by atoms with Crippen molar-refractivity contribution in [3.8, 4) is 0 Å². The van der Waals surface area contributed by atoms with Crippen LogP contribution in [-0.2, 0) is 10.3 Å². The zero-order valence-electron chi connectivity index (χ0n) is 15.1. The third kappa shape index (κ3) is 3.53. The molecule has 0 radical (unpaired) electrons. The van der Waals surface area contributed by atoms with Crippen LogP contribution in [0, 0.1) is 5.92 Å². The molecule has 1 aromatic rings. The molecule has 25 heavy (non-hydrogen) atoms. The van der Waals surface area contributed by atoms with Crippen LogP contribution >= 0.6 is 0 Å². The number of alkyl carbamates (subject to hydrolysis) is 1. The van der Waals surface area contributed by atoms with Gasteiger partial charge in [0.15, 0.2) is 0 Å². The Morgan fingerprint density at radius 1 is 1.12 bits per heavy atom. The normalized spacial score (nSPS) is 31.5. The molecule has 4 saturated heterocycles. The highest BCUT2D eigenvalue weighted by atomic mass is 16.6. The Bertz CT molecular complexity index is 590. The number of hydrogen-bond acceptors (Lipinski definition) is 4. The molecule has 5 rings (SSSR count). The van der Waals surface area contributed by atoms with Crippen LogP contribution in [0.15, 0.2) is 30.3 Å². The van der Waals surface area contributed by atoms with E-state index in [0.717, 1.165) is 58.4 Å². The van der Waals surface area contributed by atoms with Crippen molar-refractivity contribution in [2.24, 2.45) is 5.92 Å². The van der Waals surface area contributed by atoms with Gasteiger partial charge in [0, 0.05) is 19.6 Å². The molecule has 5 heteroatoms. The van der Waals surface area contributed by atoms with Crippen molar-refractivity contribution in [2.45, 2.75) is 37.3 Å². The van der Waals surface area contributed by atoms with E-state index in [1.54, 1.807) is 0 Å². The zero-order chi connectivity index (χ0) is 17.3. The lowest BCUT2D eigenvalue weighted by atomic mass is 9.81. The molecule has 1 unspecified atom stereocenters. The van der Waals surface area contributed by atoms with E-state index < -0.39 is 0 Å². The molecular weight excluding hydrogens is 314 g/mol. The maximum atomic E-state index is 12.8. The van der Waals surface area contributed by atoms with Crippen LogP contribution < -0.4 is 5.32 Å². The smallest absolute Gasteiger partial charge is 0.408 e. The maximum absolute atomic E-state index is 12.8. The number of likely N-dealkylation sites (tertiary alicyclic amines) is 1. The second-order valence-electron chi connectivity index (χ2n) is 7.96. The molecule has 1 atom stereocenters. The first-order valence-electron chi connectivity index (χ1n) is 9.60. The summed E-state index contributed by atoms with van der Waals surface area (Å²) in [7, 11) is 2.14. The summed E-state index contributed by atoms with van der Waals surface area (Å²) in [5, 5.41) is 3.27. The van der Waals surface area contributed by atoms with Crippen molar-refractivity contribution in [2.75, 3.05) is 39.8 Å². The van der Waals surface area contributed by atoms with Crippen molar-refractivity contribution in [1.29, 1.82) is 0 Å². The third-order valence-electron chi connectivity index (χ3n) is 6.36. The summed E-state index contributed by atoms with van der Waals surface area (Å²) in [5.74, 6) is 0.543. The van der Waals surface area contributed by atoms with Gasteiger partial charge in [-0.05, 0) is 57.3 Å². The highest BCUT2D eigenvalue weighted by Gasteiger charge is 2.40. The largest absolute Gasteiger partial charge is 0.445 e. The summed E-state index contributed by atoms with van der Waals surface area (Å²) in [6, 6.07) is 10.4. The number of nitrogens with zero attached hydrogens (tertiary/aromatic N) is 2. The molecule has 2 bridgehead atoms. The molecule has 1 N–H and O–H groups in total. The van der Waals surface area contributed by atoms with Crippen molar-refractivity contribution in [3.63, 3.8) is 0 Å². The van der Waals surface area contributed by atoms with Gasteiger partial charge in [0.05, 0.1) is 5.54 Å². The standard InChI is InChI=1S/C20H29N3O2/c1-22-13-9-20(10-14-22,17-5-3-2-4-6-17)21-19(24)25-18-15-23-11-7-16(18)8-12-23/h2-6,16,18H,7-15H2,1H3,(H,21,24). The average Bonchev–Trinajstić information content (AvgIpc) is 2.65. The summed E-state index contributed by atoms with van der Waals surface area (Å²) >= 11 is 0. The minimum atomic E-state index is -0.307. The monoisotopic (exact) mass is 343 g/mol. The van der Waals surface area contributed by atoms with Crippen LogP contribution in [0.1, 0.15) is 31.2 Å². The SMILES string of the molecule is CN1CCC(NC(=O)OC2CN3CCC2CC3)(c2ccccc2)CC1. The summed E-state index contributed by atoms with van der Waals surface area (Å²) in [4.78, 5) is 17.5. The van der Waals surface area contributed by atoms with Crippen molar-refractivity contribution >= 4 is 6.09 Å². The van der Waals surface area contributed by atoms with Crippen molar-refractivity contribution in [1.82, 2.24) is 15.1 Å². The van der Waals surface area contributed by atoms with E-state index in [1.165, 1.54) is 5.56 Å². The Morgan fingerprint density at radius 2 is 1.80 bits per heavy atom. The Kier molecular flexibility index (Phi) is 4.69. The number of hydrogen-bond donors (Lipinski definition) is 1. The van der Waals surface area contributed by atoms with E-state index in [2.05, 4.69) is 46.4 Å². The molecule has 4 fully saturated rings. The number of ether oxygens (including phenoxy) is 1. The summed E-state index contributed by atoms with van der Waals surface area (Å²) in [6.45, 7) is 5.18. The quantitative estimate of drug-likeness (QED) is 0.916. The van der Waals surface area contributed by atoms with Crippen molar-refractivity contribution < 1.29 is 9.53 Å². The molecule has 5 nitrogen and oxygen atoms in total. The van der Waals surface area contributed by atoms with Gasteiger partial charge in [0.2, 0.25) is 0 Å². The molecule has 0 aliphatic carbocycles. The second kappa shape index (κ2) is 6.96. The van der Waals surface area contributed by atoms with E-state index in [4.69, 9.17) is 4.74 Å². The zero-order valence-corrected chi connectivity index (χ0v) is 15.1. The lowest BCUT2D eigenvalue weighted by Gasteiger charge is -2.45. The first kappa shape index (κ1) is 16.9. The number of piperidine rings is 4. The number of amides is 1. The fraction of sp³-hybridized carbons (Fsp3) is 0.650. The predicted octanol–water partition coefficient (Wildman–Crippen LogP) is 2.43. The molecule has 0 spiro atoms. The molecule has 4 heterocycles. The van der Waals surface area contributed by atoms with E-state index in [1.807, 2.05) is 6.07 Å². The average molecular weight is 343 g/mol. The summed E-state index contributed by atoms with van der Waals surface area (Å²) in [6.07, 6.45) is 3.97. The molecule has 0 saturated carbocycles. The molecule has 0 aromatic heterocycles. The highest BCUT2D eigenvalue weighted by Crippen LogP contribution is 2.34. The van der Waals surface area contributed by atoms with Gasteiger partial charge >= 0.3 is 6.09 Å². The van der Waals surface area contributed by atoms with Gasteiger partial charge in [-0.25, -0.2) is 4.79 Å². The number of carbonyl (C=O) groups excluding carboxylic acids is 1. The van der Waals surface area contributed by atoms with E-state index in [0.29, 0.717) is 5.92 Å². The van der Waals surface area contributed by atoms with Gasteiger partial charge in [-0.15, -0.1) is 0 Å². The Hall–Kier alpha value is -1.59. The summed E-state index contributed by atoms with van der Waals surface area (Å²) < 4.78 is 5.90. The number of rotatable bonds is 3. The highest BCUT2D eigenvalue weighted by molar-refractivity contribution is 5.69. The fourth-order valence-corrected chi connectivity index (χ4v) is 4.65. The van der Waals surface area contributed by atoms with Crippen LogP contribution in [0.4, 0.5) is 4.79 Å².